The van der Waals surface area contributed by atoms with E-state index in [0.29, 0.717) is 6.42 Å². The summed E-state index contributed by atoms with van der Waals surface area (Å²) in [6, 6.07) is 0. The van der Waals surface area contributed by atoms with Gasteiger partial charge < -0.3 is 19.1 Å². The van der Waals surface area contributed by atoms with Gasteiger partial charge in [-0.15, -0.1) is 0 Å². The zero-order valence-electron chi connectivity index (χ0n) is 15.6. The highest BCUT2D eigenvalue weighted by Gasteiger charge is 2.38. The van der Waals surface area contributed by atoms with Gasteiger partial charge in [0.1, 0.15) is 18.6 Å². The quantitative estimate of drug-likeness (QED) is 0.394. The molecular formula is C17H31NO6. The molecule has 0 bridgehead atoms. The molecule has 1 unspecified atom stereocenters. The van der Waals surface area contributed by atoms with E-state index < -0.39 is 17.4 Å². The summed E-state index contributed by atoms with van der Waals surface area (Å²) in [6.45, 7) is 11.2. The Morgan fingerprint density at radius 2 is 1.54 bits per heavy atom. The maximum Gasteiger partial charge on any atom is 0.318 e. The zero-order chi connectivity index (χ0) is 18.6. The Labute approximate surface area is 144 Å². The smallest absolute Gasteiger partial charge is 0.318 e. The largest absolute Gasteiger partial charge is 0.465 e. The van der Waals surface area contributed by atoms with E-state index in [-0.39, 0.29) is 32.2 Å². The molecule has 0 aromatic heterocycles. The van der Waals surface area contributed by atoms with Gasteiger partial charge in [0, 0.05) is 13.3 Å². The van der Waals surface area contributed by atoms with Crippen molar-refractivity contribution in [3.8, 4) is 0 Å². The van der Waals surface area contributed by atoms with Crippen LogP contribution in [-0.4, -0.2) is 62.3 Å². The standard InChI is InChI=1S/C17H31NO6/c1-6-18(7-2)11-9-10-15(20)24-13-17(5,12-23-14(4)19)16(21)22-8-3/h6-13H2,1-5H3. The van der Waals surface area contributed by atoms with E-state index in [2.05, 4.69) is 18.7 Å². The maximum atomic E-state index is 12.1. The molecule has 1 atom stereocenters. The van der Waals surface area contributed by atoms with E-state index in [9.17, 15) is 14.4 Å². The summed E-state index contributed by atoms with van der Waals surface area (Å²) in [5, 5.41) is 0. The average molecular weight is 345 g/mol. The first-order valence-corrected chi connectivity index (χ1v) is 8.47. The second-order valence-electron chi connectivity index (χ2n) is 5.85. The minimum Gasteiger partial charge on any atom is -0.465 e. The summed E-state index contributed by atoms with van der Waals surface area (Å²) >= 11 is 0. The van der Waals surface area contributed by atoms with Gasteiger partial charge in [-0.2, -0.15) is 0 Å². The molecule has 0 saturated carbocycles. The molecule has 0 N–H and O–H groups in total. The fourth-order valence-electron chi connectivity index (χ4n) is 2.02. The summed E-state index contributed by atoms with van der Waals surface area (Å²) in [5.74, 6) is -1.43. The van der Waals surface area contributed by atoms with Crippen molar-refractivity contribution >= 4 is 17.9 Å². The number of nitrogens with zero attached hydrogens (tertiary/aromatic N) is 1. The van der Waals surface area contributed by atoms with Crippen molar-refractivity contribution in [3.05, 3.63) is 0 Å². The van der Waals surface area contributed by atoms with Crippen molar-refractivity contribution in [2.24, 2.45) is 5.41 Å². The molecule has 0 spiro atoms. The second kappa shape index (κ2) is 11.8. The monoisotopic (exact) mass is 345 g/mol. The third kappa shape index (κ3) is 8.86. The summed E-state index contributed by atoms with van der Waals surface area (Å²) in [7, 11) is 0. The molecule has 7 nitrogen and oxygen atoms in total. The first-order valence-electron chi connectivity index (χ1n) is 8.47. The lowest BCUT2D eigenvalue weighted by Gasteiger charge is -2.26. The molecule has 24 heavy (non-hydrogen) atoms. The van der Waals surface area contributed by atoms with Crippen molar-refractivity contribution in [2.75, 3.05) is 39.5 Å². The van der Waals surface area contributed by atoms with E-state index in [1.807, 2.05) is 0 Å². The Morgan fingerprint density at radius 1 is 0.958 bits per heavy atom. The number of hydrogen-bond acceptors (Lipinski definition) is 7. The van der Waals surface area contributed by atoms with Crippen molar-refractivity contribution in [1.82, 2.24) is 4.90 Å². The van der Waals surface area contributed by atoms with Crippen LogP contribution in [0.4, 0.5) is 0 Å². The van der Waals surface area contributed by atoms with Gasteiger partial charge in [0.2, 0.25) is 0 Å². The van der Waals surface area contributed by atoms with E-state index in [1.54, 1.807) is 13.8 Å². The lowest BCUT2D eigenvalue weighted by Crippen LogP contribution is -2.40. The molecule has 0 amide bonds. The summed E-state index contributed by atoms with van der Waals surface area (Å²) in [6.07, 6.45) is 0.976. The van der Waals surface area contributed by atoms with Crippen LogP contribution in [0.5, 0.6) is 0 Å². The fraction of sp³-hybridized carbons (Fsp3) is 0.824. The van der Waals surface area contributed by atoms with Crippen molar-refractivity contribution in [1.29, 1.82) is 0 Å². The van der Waals surface area contributed by atoms with Crippen LogP contribution in [0.15, 0.2) is 0 Å². The number of carbonyl (C=O) groups is 3. The molecule has 0 aliphatic rings. The number of esters is 3. The Morgan fingerprint density at radius 3 is 2.04 bits per heavy atom. The van der Waals surface area contributed by atoms with Gasteiger partial charge in [-0.05, 0) is 39.9 Å². The molecule has 0 saturated heterocycles. The van der Waals surface area contributed by atoms with Gasteiger partial charge in [0.25, 0.3) is 0 Å². The minimum absolute atomic E-state index is 0.177. The van der Waals surface area contributed by atoms with Crippen molar-refractivity contribution < 1.29 is 28.6 Å². The molecule has 0 aliphatic heterocycles. The number of rotatable bonds is 12. The molecule has 0 aromatic carbocycles. The third-order valence-electron chi connectivity index (χ3n) is 3.66. The van der Waals surface area contributed by atoms with Crippen LogP contribution in [0, 0.1) is 5.41 Å². The van der Waals surface area contributed by atoms with E-state index in [1.165, 1.54) is 6.92 Å². The highest BCUT2D eigenvalue weighted by molar-refractivity contribution is 5.78. The highest BCUT2D eigenvalue weighted by atomic mass is 16.6. The van der Waals surface area contributed by atoms with E-state index >= 15 is 0 Å². The van der Waals surface area contributed by atoms with E-state index in [0.717, 1.165) is 19.6 Å². The number of hydrogen-bond donors (Lipinski definition) is 0. The molecule has 0 aliphatic carbocycles. The first-order chi connectivity index (χ1) is 11.3. The van der Waals surface area contributed by atoms with Crippen molar-refractivity contribution in [2.45, 2.75) is 47.5 Å². The minimum atomic E-state index is -1.20. The van der Waals surface area contributed by atoms with Gasteiger partial charge in [-0.1, -0.05) is 13.8 Å². The summed E-state index contributed by atoms with van der Waals surface area (Å²) < 4.78 is 15.1. The second-order valence-corrected chi connectivity index (χ2v) is 5.85. The Hall–Kier alpha value is -1.63. The van der Waals surface area contributed by atoms with Crippen LogP contribution < -0.4 is 0 Å². The van der Waals surface area contributed by atoms with Gasteiger partial charge in [-0.25, -0.2) is 0 Å². The molecule has 0 rings (SSSR count). The van der Waals surface area contributed by atoms with Crippen LogP contribution in [0.3, 0.4) is 0 Å². The first kappa shape index (κ1) is 22.4. The Balaban J connectivity index is 4.45. The SMILES string of the molecule is CCOC(=O)C(C)(COC(C)=O)COC(=O)CCCN(CC)CC. The molecule has 0 heterocycles. The fourth-order valence-corrected chi connectivity index (χ4v) is 2.02. The maximum absolute atomic E-state index is 12.1. The topological polar surface area (TPSA) is 82.1 Å². The Kier molecular flexibility index (Phi) is 11.0. The van der Waals surface area contributed by atoms with Gasteiger partial charge >= 0.3 is 17.9 Å². The summed E-state index contributed by atoms with van der Waals surface area (Å²) in [4.78, 5) is 37.1. The average Bonchev–Trinajstić information content (AvgIpc) is 2.55. The van der Waals surface area contributed by atoms with Crippen LogP contribution in [-0.2, 0) is 28.6 Å². The zero-order valence-corrected chi connectivity index (χ0v) is 15.6. The molecule has 0 radical (unpaired) electrons. The lowest BCUT2D eigenvalue weighted by atomic mass is 9.93. The molecule has 0 aromatic rings. The third-order valence-corrected chi connectivity index (χ3v) is 3.66. The number of ether oxygens (including phenoxy) is 3. The van der Waals surface area contributed by atoms with E-state index in [4.69, 9.17) is 14.2 Å². The van der Waals surface area contributed by atoms with Gasteiger partial charge in [-0.3, -0.25) is 14.4 Å². The van der Waals surface area contributed by atoms with Crippen LogP contribution >= 0.6 is 0 Å². The molecule has 0 fully saturated rings. The van der Waals surface area contributed by atoms with Crippen LogP contribution in [0.1, 0.15) is 47.5 Å². The van der Waals surface area contributed by atoms with Crippen LogP contribution in [0.2, 0.25) is 0 Å². The molecule has 140 valence electrons. The lowest BCUT2D eigenvalue weighted by molar-refractivity contribution is -0.169. The predicted octanol–water partition coefficient (Wildman–Crippen LogP) is 1.78. The molecule has 7 heteroatoms. The summed E-state index contributed by atoms with van der Waals surface area (Å²) in [5.41, 5.74) is -1.20. The van der Waals surface area contributed by atoms with Gasteiger partial charge in [0.05, 0.1) is 6.61 Å². The number of carbonyl (C=O) groups excluding carboxylic acids is 3. The van der Waals surface area contributed by atoms with Crippen molar-refractivity contribution in [3.63, 3.8) is 0 Å². The van der Waals surface area contributed by atoms with Gasteiger partial charge in [0.15, 0.2) is 0 Å². The normalized spacial score (nSPS) is 13.2. The highest BCUT2D eigenvalue weighted by Crippen LogP contribution is 2.20. The molecular weight excluding hydrogens is 314 g/mol. The van der Waals surface area contributed by atoms with Crippen LogP contribution in [0.25, 0.3) is 0 Å². The Bertz CT molecular complexity index is 408. The predicted molar refractivity (Wildman–Crippen MR) is 89.4 cm³/mol.